The Morgan fingerprint density at radius 1 is 1.50 bits per heavy atom. The van der Waals surface area contributed by atoms with Gasteiger partial charge in [-0.1, -0.05) is 20.8 Å². The summed E-state index contributed by atoms with van der Waals surface area (Å²) in [5, 5.41) is 3.20. The molecule has 0 aliphatic carbocycles. The van der Waals surface area contributed by atoms with Crippen molar-refractivity contribution in [2.75, 3.05) is 19.7 Å². The largest absolute Gasteiger partial charge is 0.465 e. The Kier molecular flexibility index (Phi) is 4.39. The monoisotopic (exact) mass is 199 g/mol. The van der Waals surface area contributed by atoms with Crippen LogP contribution in [0.2, 0.25) is 0 Å². The van der Waals surface area contributed by atoms with Gasteiger partial charge in [0, 0.05) is 6.54 Å². The van der Waals surface area contributed by atoms with E-state index in [2.05, 4.69) is 26.1 Å². The molecule has 0 spiro atoms. The summed E-state index contributed by atoms with van der Waals surface area (Å²) in [7, 11) is 0. The molecule has 0 saturated carbocycles. The van der Waals surface area contributed by atoms with Crippen molar-refractivity contribution in [2.24, 2.45) is 17.8 Å². The Morgan fingerprint density at radius 3 is 2.71 bits per heavy atom. The molecule has 0 aromatic rings. The summed E-state index contributed by atoms with van der Waals surface area (Å²) >= 11 is 0. The van der Waals surface area contributed by atoms with Crippen LogP contribution in [0.25, 0.3) is 0 Å². The molecule has 1 saturated heterocycles. The molecule has 0 amide bonds. The first kappa shape index (κ1) is 11.5. The molecule has 1 aliphatic rings. The van der Waals surface area contributed by atoms with Crippen molar-refractivity contribution in [1.29, 1.82) is 0 Å². The zero-order valence-corrected chi connectivity index (χ0v) is 9.38. The van der Waals surface area contributed by atoms with Crippen molar-refractivity contribution < 1.29 is 9.53 Å². The van der Waals surface area contributed by atoms with E-state index < -0.39 is 0 Å². The van der Waals surface area contributed by atoms with Crippen molar-refractivity contribution in [3.63, 3.8) is 0 Å². The maximum absolute atomic E-state index is 11.6. The molecule has 3 nitrogen and oxygen atoms in total. The molecule has 0 radical (unpaired) electrons. The number of nitrogens with one attached hydrogen (secondary N) is 1. The molecule has 14 heavy (non-hydrogen) atoms. The minimum atomic E-state index is -0.0249. The zero-order valence-electron chi connectivity index (χ0n) is 9.38. The quantitative estimate of drug-likeness (QED) is 0.696. The van der Waals surface area contributed by atoms with Crippen molar-refractivity contribution in [3.8, 4) is 0 Å². The lowest BCUT2D eigenvalue weighted by molar-refractivity contribution is -0.149. The van der Waals surface area contributed by atoms with Crippen molar-refractivity contribution >= 4 is 5.97 Å². The van der Waals surface area contributed by atoms with Crippen LogP contribution in [-0.2, 0) is 9.53 Å². The zero-order chi connectivity index (χ0) is 10.6. The lowest BCUT2D eigenvalue weighted by Gasteiger charge is -2.13. The van der Waals surface area contributed by atoms with Gasteiger partial charge in [-0.2, -0.15) is 0 Å². The minimum Gasteiger partial charge on any atom is -0.465 e. The number of carbonyl (C=O) groups excluding carboxylic acids is 1. The first-order valence-corrected chi connectivity index (χ1v) is 5.48. The second-order valence-corrected chi connectivity index (χ2v) is 4.59. The molecule has 0 bridgehead atoms. The number of rotatable bonds is 4. The summed E-state index contributed by atoms with van der Waals surface area (Å²) in [6, 6.07) is 0. The third-order valence-electron chi connectivity index (χ3n) is 2.76. The van der Waals surface area contributed by atoms with E-state index in [4.69, 9.17) is 4.74 Å². The average molecular weight is 199 g/mol. The maximum atomic E-state index is 11.6. The summed E-state index contributed by atoms with van der Waals surface area (Å²) in [4.78, 5) is 11.6. The van der Waals surface area contributed by atoms with Crippen molar-refractivity contribution in [2.45, 2.75) is 27.2 Å². The van der Waals surface area contributed by atoms with Crippen LogP contribution < -0.4 is 5.32 Å². The SMILES string of the molecule is CC(C)CCOC(=O)[C@@H]1CNC[C@H]1C. The Hall–Kier alpha value is -0.570. The highest BCUT2D eigenvalue weighted by Gasteiger charge is 2.30. The van der Waals surface area contributed by atoms with Gasteiger partial charge in [-0.05, 0) is 24.8 Å². The van der Waals surface area contributed by atoms with E-state index in [0.717, 1.165) is 19.5 Å². The van der Waals surface area contributed by atoms with Gasteiger partial charge >= 0.3 is 5.97 Å². The topological polar surface area (TPSA) is 38.3 Å². The summed E-state index contributed by atoms with van der Waals surface area (Å²) in [5.41, 5.74) is 0. The minimum absolute atomic E-state index is 0.0249. The van der Waals surface area contributed by atoms with Crippen molar-refractivity contribution in [3.05, 3.63) is 0 Å². The number of esters is 1. The first-order chi connectivity index (χ1) is 6.61. The van der Waals surface area contributed by atoms with Gasteiger partial charge < -0.3 is 10.1 Å². The molecule has 1 N–H and O–H groups in total. The molecule has 3 heteroatoms. The molecular formula is C11H21NO2. The Balaban J connectivity index is 2.21. The summed E-state index contributed by atoms with van der Waals surface area (Å²) in [6.45, 7) is 8.64. The Bertz CT molecular complexity index is 192. The summed E-state index contributed by atoms with van der Waals surface area (Å²) in [6.07, 6.45) is 0.959. The highest BCUT2D eigenvalue weighted by Crippen LogP contribution is 2.17. The second kappa shape index (κ2) is 5.35. The third-order valence-corrected chi connectivity index (χ3v) is 2.76. The van der Waals surface area contributed by atoms with E-state index in [1.54, 1.807) is 0 Å². The molecule has 0 aromatic heterocycles. The number of ether oxygens (including phenoxy) is 1. The van der Waals surface area contributed by atoms with Gasteiger partial charge in [-0.15, -0.1) is 0 Å². The van der Waals surface area contributed by atoms with E-state index in [1.807, 2.05) is 0 Å². The first-order valence-electron chi connectivity index (χ1n) is 5.48. The Labute approximate surface area is 86.2 Å². The van der Waals surface area contributed by atoms with Crippen LogP contribution in [0.4, 0.5) is 0 Å². The molecule has 0 aromatic carbocycles. The number of hydrogen-bond acceptors (Lipinski definition) is 3. The van der Waals surface area contributed by atoms with Gasteiger partial charge in [-0.25, -0.2) is 0 Å². The third kappa shape index (κ3) is 3.29. The second-order valence-electron chi connectivity index (χ2n) is 4.59. The van der Waals surface area contributed by atoms with E-state index in [-0.39, 0.29) is 11.9 Å². The molecular weight excluding hydrogens is 178 g/mol. The predicted molar refractivity (Wildman–Crippen MR) is 55.9 cm³/mol. The highest BCUT2D eigenvalue weighted by molar-refractivity contribution is 5.73. The Morgan fingerprint density at radius 2 is 2.21 bits per heavy atom. The molecule has 82 valence electrons. The van der Waals surface area contributed by atoms with E-state index in [9.17, 15) is 4.79 Å². The number of carbonyl (C=O) groups is 1. The smallest absolute Gasteiger partial charge is 0.310 e. The van der Waals surface area contributed by atoms with Crippen molar-refractivity contribution in [1.82, 2.24) is 5.32 Å². The van der Waals surface area contributed by atoms with E-state index in [1.165, 1.54) is 0 Å². The van der Waals surface area contributed by atoms with Gasteiger partial charge in [-0.3, -0.25) is 4.79 Å². The van der Waals surface area contributed by atoms with Gasteiger partial charge in [0.2, 0.25) is 0 Å². The molecule has 1 aliphatic heterocycles. The lowest BCUT2D eigenvalue weighted by atomic mass is 9.99. The normalized spacial score (nSPS) is 26.9. The fraction of sp³-hybridized carbons (Fsp3) is 0.909. The van der Waals surface area contributed by atoms with Crippen LogP contribution >= 0.6 is 0 Å². The average Bonchev–Trinajstić information content (AvgIpc) is 2.50. The van der Waals surface area contributed by atoms with E-state index in [0.29, 0.717) is 18.4 Å². The van der Waals surface area contributed by atoms with Gasteiger partial charge in [0.25, 0.3) is 0 Å². The highest BCUT2D eigenvalue weighted by atomic mass is 16.5. The summed E-state index contributed by atoms with van der Waals surface area (Å²) < 4.78 is 5.23. The van der Waals surface area contributed by atoms with Crippen LogP contribution in [-0.4, -0.2) is 25.7 Å². The molecule has 1 heterocycles. The van der Waals surface area contributed by atoms with Crippen LogP contribution in [0, 0.1) is 17.8 Å². The molecule has 0 unspecified atom stereocenters. The standard InChI is InChI=1S/C11H21NO2/c1-8(2)4-5-14-11(13)10-7-12-6-9(10)3/h8-10,12H,4-7H2,1-3H3/t9-,10-/m1/s1. The molecule has 1 fully saturated rings. The van der Waals surface area contributed by atoms with Gasteiger partial charge in [0.05, 0.1) is 12.5 Å². The van der Waals surface area contributed by atoms with Gasteiger partial charge in [0.15, 0.2) is 0 Å². The maximum Gasteiger partial charge on any atom is 0.310 e. The fourth-order valence-corrected chi connectivity index (χ4v) is 1.63. The molecule has 1 rings (SSSR count). The van der Waals surface area contributed by atoms with E-state index >= 15 is 0 Å². The fourth-order valence-electron chi connectivity index (χ4n) is 1.63. The lowest BCUT2D eigenvalue weighted by Crippen LogP contribution is -2.24. The van der Waals surface area contributed by atoms with Crippen LogP contribution in [0.3, 0.4) is 0 Å². The number of hydrogen-bond donors (Lipinski definition) is 1. The predicted octanol–water partition coefficient (Wildman–Crippen LogP) is 1.43. The van der Waals surface area contributed by atoms with Crippen LogP contribution in [0.1, 0.15) is 27.2 Å². The summed E-state index contributed by atoms with van der Waals surface area (Å²) in [5.74, 6) is 1.06. The van der Waals surface area contributed by atoms with Crippen LogP contribution in [0.5, 0.6) is 0 Å². The van der Waals surface area contributed by atoms with Gasteiger partial charge in [0.1, 0.15) is 0 Å². The molecule has 2 atom stereocenters. The van der Waals surface area contributed by atoms with Crippen LogP contribution in [0.15, 0.2) is 0 Å².